The van der Waals surface area contributed by atoms with E-state index in [0.29, 0.717) is 20.9 Å². The summed E-state index contributed by atoms with van der Waals surface area (Å²) in [6.07, 6.45) is 4.02. The Kier molecular flexibility index (Phi) is 5.79. The molecule has 2 aliphatic rings. The van der Waals surface area contributed by atoms with E-state index in [1.165, 1.54) is 23.1 Å². The van der Waals surface area contributed by atoms with E-state index in [2.05, 4.69) is 20.8 Å². The SMILES string of the molecule is COc1ccc(Nc2nnc(SCC(=O)Nc3ccc4c(c3)OC3(CCCC3)O4)s2)cc1. The van der Waals surface area contributed by atoms with Crippen molar-refractivity contribution in [3.8, 4) is 17.2 Å². The van der Waals surface area contributed by atoms with Crippen molar-refractivity contribution in [3.63, 3.8) is 0 Å². The molecule has 1 saturated carbocycles. The van der Waals surface area contributed by atoms with Gasteiger partial charge in [0.25, 0.3) is 5.79 Å². The summed E-state index contributed by atoms with van der Waals surface area (Å²) < 4.78 is 17.9. The van der Waals surface area contributed by atoms with Gasteiger partial charge in [0.2, 0.25) is 11.0 Å². The molecule has 166 valence electrons. The van der Waals surface area contributed by atoms with Gasteiger partial charge in [0.15, 0.2) is 15.8 Å². The van der Waals surface area contributed by atoms with Crippen LogP contribution in [0.4, 0.5) is 16.5 Å². The molecule has 0 atom stereocenters. The Balaban J connectivity index is 1.13. The monoisotopic (exact) mass is 470 g/mol. The molecule has 1 aliphatic carbocycles. The second-order valence-electron chi connectivity index (χ2n) is 7.55. The van der Waals surface area contributed by atoms with Crippen LogP contribution in [0.15, 0.2) is 46.8 Å². The fraction of sp³-hybridized carbons (Fsp3) is 0.318. The zero-order valence-corrected chi connectivity index (χ0v) is 19.1. The van der Waals surface area contributed by atoms with Crippen LogP contribution < -0.4 is 24.8 Å². The molecule has 2 aromatic carbocycles. The maximum absolute atomic E-state index is 12.4. The van der Waals surface area contributed by atoms with Crippen molar-refractivity contribution in [3.05, 3.63) is 42.5 Å². The van der Waals surface area contributed by atoms with E-state index in [-0.39, 0.29) is 11.7 Å². The van der Waals surface area contributed by atoms with E-state index in [1.807, 2.05) is 42.5 Å². The number of anilines is 3. The van der Waals surface area contributed by atoms with Gasteiger partial charge in [-0.1, -0.05) is 23.1 Å². The topological polar surface area (TPSA) is 94.6 Å². The summed E-state index contributed by atoms with van der Waals surface area (Å²) in [7, 11) is 1.63. The summed E-state index contributed by atoms with van der Waals surface area (Å²) in [4.78, 5) is 12.4. The average Bonchev–Trinajstić information content (AvgIpc) is 3.53. The zero-order valence-electron chi connectivity index (χ0n) is 17.4. The third-order valence-corrected chi connectivity index (χ3v) is 7.23. The van der Waals surface area contributed by atoms with Gasteiger partial charge in [0.05, 0.1) is 12.9 Å². The van der Waals surface area contributed by atoms with Gasteiger partial charge in [-0.25, -0.2) is 0 Å². The smallest absolute Gasteiger partial charge is 0.251 e. The molecule has 32 heavy (non-hydrogen) atoms. The molecule has 3 aromatic rings. The van der Waals surface area contributed by atoms with E-state index >= 15 is 0 Å². The lowest BCUT2D eigenvalue weighted by molar-refractivity contribution is -0.113. The lowest BCUT2D eigenvalue weighted by atomic mass is 10.2. The lowest BCUT2D eigenvalue weighted by Crippen LogP contribution is -2.34. The molecule has 0 bridgehead atoms. The van der Waals surface area contributed by atoms with Crippen LogP contribution in [0.3, 0.4) is 0 Å². The number of carbonyl (C=O) groups is 1. The van der Waals surface area contributed by atoms with E-state index in [0.717, 1.165) is 42.9 Å². The molecular weight excluding hydrogens is 448 g/mol. The number of hydrogen-bond acceptors (Lipinski definition) is 9. The van der Waals surface area contributed by atoms with Crippen LogP contribution in [-0.2, 0) is 4.79 Å². The van der Waals surface area contributed by atoms with Gasteiger partial charge in [-0.05, 0) is 49.2 Å². The Morgan fingerprint density at radius 3 is 2.62 bits per heavy atom. The molecule has 1 aromatic heterocycles. The fourth-order valence-corrected chi connectivity index (χ4v) is 5.30. The van der Waals surface area contributed by atoms with Gasteiger partial charge >= 0.3 is 0 Å². The number of nitrogens with zero attached hydrogens (tertiary/aromatic N) is 2. The second-order valence-corrected chi connectivity index (χ2v) is 9.75. The number of aromatic nitrogens is 2. The Hall–Kier alpha value is -2.98. The summed E-state index contributed by atoms with van der Waals surface area (Å²) in [5, 5.41) is 15.0. The van der Waals surface area contributed by atoms with Crippen LogP contribution in [0.5, 0.6) is 17.2 Å². The highest BCUT2D eigenvalue weighted by Gasteiger charge is 2.44. The van der Waals surface area contributed by atoms with E-state index in [4.69, 9.17) is 14.2 Å². The maximum atomic E-state index is 12.4. The number of amides is 1. The Bertz CT molecular complexity index is 1110. The Morgan fingerprint density at radius 1 is 1.09 bits per heavy atom. The largest absolute Gasteiger partial charge is 0.497 e. The average molecular weight is 471 g/mol. The Morgan fingerprint density at radius 2 is 1.84 bits per heavy atom. The van der Waals surface area contributed by atoms with Gasteiger partial charge in [0.1, 0.15) is 5.75 Å². The first-order valence-corrected chi connectivity index (χ1v) is 12.1. The predicted octanol–water partition coefficient (Wildman–Crippen LogP) is 5.06. The van der Waals surface area contributed by atoms with Crippen LogP contribution in [-0.4, -0.2) is 34.8 Å². The highest BCUT2D eigenvalue weighted by atomic mass is 32.2. The number of fused-ring (bicyclic) bond motifs is 1. The normalized spacial score (nSPS) is 15.7. The predicted molar refractivity (Wildman–Crippen MR) is 124 cm³/mol. The lowest BCUT2D eigenvalue weighted by Gasteiger charge is -2.21. The third kappa shape index (κ3) is 4.61. The molecule has 1 fully saturated rings. The van der Waals surface area contributed by atoms with Gasteiger partial charge < -0.3 is 24.8 Å². The molecule has 2 heterocycles. The summed E-state index contributed by atoms with van der Waals surface area (Å²) in [5.41, 5.74) is 1.57. The summed E-state index contributed by atoms with van der Waals surface area (Å²) in [6.45, 7) is 0. The number of thioether (sulfide) groups is 1. The number of hydrogen-bond donors (Lipinski definition) is 2. The molecule has 1 aliphatic heterocycles. The van der Waals surface area contributed by atoms with Gasteiger partial charge in [0, 0.05) is 30.3 Å². The molecule has 8 nitrogen and oxygen atoms in total. The first-order chi connectivity index (χ1) is 15.6. The summed E-state index contributed by atoms with van der Waals surface area (Å²) >= 11 is 2.74. The molecule has 0 unspecified atom stereocenters. The number of rotatable bonds is 7. The van der Waals surface area contributed by atoms with Crippen molar-refractivity contribution in [2.45, 2.75) is 35.8 Å². The van der Waals surface area contributed by atoms with Gasteiger partial charge in [-0.3, -0.25) is 4.79 Å². The molecule has 2 N–H and O–H groups in total. The second kappa shape index (κ2) is 8.87. The van der Waals surface area contributed by atoms with Crippen LogP contribution in [0.2, 0.25) is 0 Å². The van der Waals surface area contributed by atoms with Crippen molar-refractivity contribution >= 4 is 45.5 Å². The van der Waals surface area contributed by atoms with Crippen molar-refractivity contribution in [2.75, 3.05) is 23.5 Å². The molecule has 1 spiro atoms. The van der Waals surface area contributed by atoms with Gasteiger partial charge in [-0.15, -0.1) is 10.2 Å². The van der Waals surface area contributed by atoms with Crippen LogP contribution in [0.1, 0.15) is 25.7 Å². The van der Waals surface area contributed by atoms with E-state index in [1.54, 1.807) is 7.11 Å². The highest BCUT2D eigenvalue weighted by molar-refractivity contribution is 8.01. The minimum atomic E-state index is -0.504. The number of methoxy groups -OCH3 is 1. The van der Waals surface area contributed by atoms with Crippen molar-refractivity contribution in [1.29, 1.82) is 0 Å². The number of carbonyl (C=O) groups excluding carboxylic acids is 1. The molecule has 1 amide bonds. The standard InChI is InChI=1S/C22H22N4O4S2/c1-28-16-7-4-14(5-8-16)24-20-25-26-21(32-20)31-13-19(27)23-15-6-9-17-18(12-15)30-22(29-17)10-2-3-11-22/h4-9,12H,2-3,10-11,13H2,1H3,(H,23,27)(H,24,25). The third-order valence-electron chi connectivity index (χ3n) is 5.26. The van der Waals surface area contributed by atoms with Crippen molar-refractivity contribution in [2.24, 2.45) is 0 Å². The number of ether oxygens (including phenoxy) is 3. The first kappa shape index (κ1) is 20.9. The highest BCUT2D eigenvalue weighted by Crippen LogP contribution is 2.47. The maximum Gasteiger partial charge on any atom is 0.251 e. The van der Waals surface area contributed by atoms with Crippen LogP contribution in [0.25, 0.3) is 0 Å². The molecule has 10 heteroatoms. The molecule has 0 radical (unpaired) electrons. The fourth-order valence-electron chi connectivity index (χ4n) is 3.73. The van der Waals surface area contributed by atoms with Crippen molar-refractivity contribution < 1.29 is 19.0 Å². The van der Waals surface area contributed by atoms with E-state index in [9.17, 15) is 4.79 Å². The van der Waals surface area contributed by atoms with Gasteiger partial charge in [-0.2, -0.15) is 0 Å². The van der Waals surface area contributed by atoms with Crippen LogP contribution in [0, 0.1) is 0 Å². The summed E-state index contributed by atoms with van der Waals surface area (Å²) in [6, 6.07) is 13.1. The molecular formula is C22H22N4O4S2. The van der Waals surface area contributed by atoms with Crippen molar-refractivity contribution in [1.82, 2.24) is 10.2 Å². The quantitative estimate of drug-likeness (QED) is 0.463. The minimum absolute atomic E-state index is 0.121. The first-order valence-electron chi connectivity index (χ1n) is 10.3. The Labute approximate surface area is 193 Å². The zero-order chi connectivity index (χ0) is 22.0. The van der Waals surface area contributed by atoms with Crippen LogP contribution >= 0.6 is 23.1 Å². The minimum Gasteiger partial charge on any atom is -0.497 e. The number of nitrogens with one attached hydrogen (secondary N) is 2. The number of benzene rings is 2. The van der Waals surface area contributed by atoms with E-state index < -0.39 is 5.79 Å². The molecule has 0 saturated heterocycles. The summed E-state index contributed by atoms with van der Waals surface area (Å²) in [5.74, 6) is 1.83. The molecule has 5 rings (SSSR count).